The van der Waals surface area contributed by atoms with E-state index in [0.29, 0.717) is 0 Å². The number of hydrogen-bond acceptors (Lipinski definition) is 2. The minimum atomic E-state index is -0.0363. The smallest absolute Gasteiger partial charge is 0.238 e. The van der Waals surface area contributed by atoms with Crippen molar-refractivity contribution >= 4 is 39.3 Å². The maximum Gasteiger partial charge on any atom is 0.238 e. The summed E-state index contributed by atoms with van der Waals surface area (Å²) in [5.74, 6) is 0.0713. The molecular formula is C16H14BrNOS. The predicted molar refractivity (Wildman–Crippen MR) is 87.3 cm³/mol. The van der Waals surface area contributed by atoms with E-state index in [1.54, 1.807) is 11.8 Å². The molecule has 4 heteroatoms. The summed E-state index contributed by atoms with van der Waals surface area (Å²) >= 11 is 5.07. The van der Waals surface area contributed by atoms with E-state index in [9.17, 15) is 4.79 Å². The number of fused-ring (bicyclic) bond motifs is 1. The molecule has 1 amide bonds. The fraction of sp³-hybridized carbons (Fsp3) is 0.188. The third kappa shape index (κ3) is 2.91. The Morgan fingerprint density at radius 3 is 2.95 bits per heavy atom. The zero-order valence-corrected chi connectivity index (χ0v) is 13.4. The van der Waals surface area contributed by atoms with E-state index in [0.717, 1.165) is 16.6 Å². The number of halogens is 1. The molecular weight excluding hydrogens is 334 g/mol. The molecule has 0 spiro atoms. The summed E-state index contributed by atoms with van der Waals surface area (Å²) in [5, 5.41) is 2.95. The van der Waals surface area contributed by atoms with E-state index >= 15 is 0 Å². The van der Waals surface area contributed by atoms with Crippen molar-refractivity contribution in [2.45, 2.75) is 23.5 Å². The molecule has 0 radical (unpaired) electrons. The molecule has 1 heterocycles. The van der Waals surface area contributed by atoms with Gasteiger partial charge in [-0.1, -0.05) is 39.7 Å². The van der Waals surface area contributed by atoms with Gasteiger partial charge in [0.1, 0.15) is 0 Å². The third-order valence-electron chi connectivity index (χ3n) is 3.28. The van der Waals surface area contributed by atoms with Gasteiger partial charge in [-0.15, -0.1) is 11.8 Å². The Morgan fingerprint density at radius 2 is 2.15 bits per heavy atom. The van der Waals surface area contributed by atoms with Gasteiger partial charge in [-0.25, -0.2) is 0 Å². The van der Waals surface area contributed by atoms with Crippen LogP contribution in [0.4, 0.5) is 5.69 Å². The average molecular weight is 348 g/mol. The number of carbonyl (C=O) groups excluding carboxylic acids is 1. The van der Waals surface area contributed by atoms with Crippen molar-refractivity contribution < 1.29 is 4.79 Å². The Bertz CT molecular complexity index is 671. The maximum atomic E-state index is 12.3. The zero-order chi connectivity index (χ0) is 14.1. The summed E-state index contributed by atoms with van der Waals surface area (Å²) in [7, 11) is 0. The third-order valence-corrected chi connectivity index (χ3v) is 5.07. The van der Waals surface area contributed by atoms with Gasteiger partial charge in [-0.2, -0.15) is 0 Å². The Kier molecular flexibility index (Phi) is 3.85. The van der Waals surface area contributed by atoms with Crippen LogP contribution in [0.1, 0.15) is 11.1 Å². The summed E-state index contributed by atoms with van der Waals surface area (Å²) in [5.41, 5.74) is 3.34. The van der Waals surface area contributed by atoms with Gasteiger partial charge in [0.2, 0.25) is 5.91 Å². The van der Waals surface area contributed by atoms with E-state index in [1.165, 1.54) is 16.0 Å². The van der Waals surface area contributed by atoms with E-state index in [4.69, 9.17) is 0 Å². The maximum absolute atomic E-state index is 12.3. The first-order valence-electron chi connectivity index (χ1n) is 6.44. The molecule has 2 nitrogen and oxygen atoms in total. The molecule has 1 aliphatic heterocycles. The Labute approximate surface area is 131 Å². The minimum Gasteiger partial charge on any atom is -0.325 e. The molecule has 0 aromatic heterocycles. The number of nitrogens with one attached hydrogen (secondary N) is 1. The molecule has 0 saturated carbocycles. The van der Waals surface area contributed by atoms with E-state index in [1.807, 2.05) is 24.3 Å². The molecule has 0 bridgehead atoms. The van der Waals surface area contributed by atoms with E-state index in [2.05, 4.69) is 46.4 Å². The molecule has 3 rings (SSSR count). The average Bonchev–Trinajstić information content (AvgIpc) is 2.81. The van der Waals surface area contributed by atoms with Crippen LogP contribution in [0, 0.1) is 6.92 Å². The number of carbonyl (C=O) groups is 1. The lowest BCUT2D eigenvalue weighted by molar-refractivity contribution is -0.115. The number of benzene rings is 2. The molecule has 2 aromatic carbocycles. The van der Waals surface area contributed by atoms with Crippen LogP contribution in [0.25, 0.3) is 0 Å². The highest BCUT2D eigenvalue weighted by molar-refractivity contribution is 9.10. The van der Waals surface area contributed by atoms with Crippen molar-refractivity contribution in [3.05, 3.63) is 58.1 Å². The summed E-state index contributed by atoms with van der Waals surface area (Å²) < 4.78 is 0.966. The molecule has 0 saturated heterocycles. The molecule has 1 atom stereocenters. The van der Waals surface area contributed by atoms with E-state index in [-0.39, 0.29) is 11.2 Å². The van der Waals surface area contributed by atoms with Crippen LogP contribution in [0.3, 0.4) is 0 Å². The van der Waals surface area contributed by atoms with Gasteiger partial charge in [0.25, 0.3) is 0 Å². The lowest BCUT2D eigenvalue weighted by Crippen LogP contribution is -2.24. The van der Waals surface area contributed by atoms with Gasteiger partial charge in [0.05, 0.1) is 5.25 Å². The van der Waals surface area contributed by atoms with Gasteiger partial charge in [-0.05, 0) is 43.2 Å². The fourth-order valence-electron chi connectivity index (χ4n) is 2.27. The normalized spacial score (nSPS) is 16.8. The molecule has 2 aromatic rings. The quantitative estimate of drug-likeness (QED) is 0.871. The monoisotopic (exact) mass is 347 g/mol. The lowest BCUT2D eigenvalue weighted by Gasteiger charge is -2.10. The highest BCUT2D eigenvalue weighted by Crippen LogP contribution is 2.38. The van der Waals surface area contributed by atoms with Crippen molar-refractivity contribution in [3.63, 3.8) is 0 Å². The summed E-state index contributed by atoms with van der Waals surface area (Å²) in [6.07, 6.45) is 0.806. The van der Waals surface area contributed by atoms with Crippen LogP contribution in [0.2, 0.25) is 0 Å². The Morgan fingerprint density at radius 1 is 1.30 bits per heavy atom. The fourth-order valence-corrected chi connectivity index (χ4v) is 3.96. The van der Waals surface area contributed by atoms with Crippen LogP contribution in [-0.2, 0) is 11.2 Å². The van der Waals surface area contributed by atoms with Crippen molar-refractivity contribution in [1.29, 1.82) is 0 Å². The predicted octanol–water partition coefficient (Wildman–Crippen LogP) is 4.41. The molecule has 1 aliphatic rings. The second-order valence-electron chi connectivity index (χ2n) is 4.92. The number of rotatable bonds is 2. The Hall–Kier alpha value is -1.26. The molecule has 0 fully saturated rings. The van der Waals surface area contributed by atoms with Crippen LogP contribution < -0.4 is 5.32 Å². The first-order chi connectivity index (χ1) is 9.61. The van der Waals surface area contributed by atoms with Crippen molar-refractivity contribution in [2.24, 2.45) is 0 Å². The van der Waals surface area contributed by atoms with Gasteiger partial charge >= 0.3 is 0 Å². The van der Waals surface area contributed by atoms with Gasteiger partial charge < -0.3 is 5.32 Å². The van der Waals surface area contributed by atoms with Crippen molar-refractivity contribution in [2.75, 3.05) is 5.32 Å². The minimum absolute atomic E-state index is 0.0363. The van der Waals surface area contributed by atoms with Crippen LogP contribution >= 0.6 is 27.7 Å². The Balaban J connectivity index is 1.71. The molecule has 0 aliphatic carbocycles. The summed E-state index contributed by atoms with van der Waals surface area (Å²) in [4.78, 5) is 13.6. The molecule has 1 N–H and O–H groups in total. The van der Waals surface area contributed by atoms with Crippen LogP contribution in [0.15, 0.2) is 51.8 Å². The largest absolute Gasteiger partial charge is 0.325 e. The first kappa shape index (κ1) is 13.7. The standard InChI is InChI=1S/C16H14BrNOS/c1-10-5-6-11-8-15(20-14(11)7-10)16(19)18-13-4-2-3-12(17)9-13/h2-7,9,15H,8H2,1H3,(H,18,19)/t15-/m0/s1. The second-order valence-corrected chi connectivity index (χ2v) is 7.08. The van der Waals surface area contributed by atoms with E-state index < -0.39 is 0 Å². The summed E-state index contributed by atoms with van der Waals surface area (Å²) in [6.45, 7) is 2.08. The zero-order valence-electron chi connectivity index (χ0n) is 11.0. The van der Waals surface area contributed by atoms with Crippen LogP contribution in [-0.4, -0.2) is 11.2 Å². The van der Waals surface area contributed by atoms with Gasteiger partial charge in [0, 0.05) is 15.1 Å². The number of aryl methyl sites for hydroxylation is 1. The first-order valence-corrected chi connectivity index (χ1v) is 8.12. The number of hydrogen-bond donors (Lipinski definition) is 1. The van der Waals surface area contributed by atoms with Crippen molar-refractivity contribution in [3.8, 4) is 0 Å². The molecule has 20 heavy (non-hydrogen) atoms. The molecule has 102 valence electrons. The van der Waals surface area contributed by atoms with Crippen LogP contribution in [0.5, 0.6) is 0 Å². The van der Waals surface area contributed by atoms with Gasteiger partial charge in [0.15, 0.2) is 0 Å². The SMILES string of the molecule is Cc1ccc2c(c1)S[C@H](C(=O)Nc1cccc(Br)c1)C2. The highest BCUT2D eigenvalue weighted by atomic mass is 79.9. The second kappa shape index (κ2) is 5.62. The summed E-state index contributed by atoms with van der Waals surface area (Å²) in [6, 6.07) is 14.1. The number of amides is 1. The number of thioether (sulfide) groups is 1. The lowest BCUT2D eigenvalue weighted by atomic mass is 10.1. The van der Waals surface area contributed by atoms with Gasteiger partial charge in [-0.3, -0.25) is 4.79 Å². The topological polar surface area (TPSA) is 29.1 Å². The van der Waals surface area contributed by atoms with Crippen molar-refractivity contribution in [1.82, 2.24) is 0 Å². The number of anilines is 1. The highest BCUT2D eigenvalue weighted by Gasteiger charge is 2.28. The molecule has 0 unspecified atom stereocenters.